The maximum absolute atomic E-state index is 12.3. The SMILES string of the molecule is C=CCN1CCN(C(=O)c2ccccc2Br)CC1. The van der Waals surface area contributed by atoms with Gasteiger partial charge in [0, 0.05) is 37.2 Å². The van der Waals surface area contributed by atoms with Gasteiger partial charge >= 0.3 is 0 Å². The van der Waals surface area contributed by atoms with E-state index in [4.69, 9.17) is 0 Å². The normalized spacial score (nSPS) is 16.6. The van der Waals surface area contributed by atoms with Crippen LogP contribution in [0.2, 0.25) is 0 Å². The molecule has 1 aromatic carbocycles. The van der Waals surface area contributed by atoms with Gasteiger partial charge in [0.25, 0.3) is 5.91 Å². The van der Waals surface area contributed by atoms with Crippen LogP contribution in [0.3, 0.4) is 0 Å². The molecule has 0 saturated carbocycles. The number of benzene rings is 1. The van der Waals surface area contributed by atoms with Gasteiger partial charge in [-0.15, -0.1) is 6.58 Å². The first kappa shape index (κ1) is 13.3. The van der Waals surface area contributed by atoms with E-state index in [1.54, 1.807) is 0 Å². The highest BCUT2D eigenvalue weighted by molar-refractivity contribution is 9.10. The zero-order valence-corrected chi connectivity index (χ0v) is 11.9. The van der Waals surface area contributed by atoms with Crippen molar-refractivity contribution in [1.29, 1.82) is 0 Å². The van der Waals surface area contributed by atoms with Crippen molar-refractivity contribution in [2.75, 3.05) is 32.7 Å². The highest BCUT2D eigenvalue weighted by Gasteiger charge is 2.22. The second-order valence-corrected chi connectivity index (χ2v) is 5.22. The smallest absolute Gasteiger partial charge is 0.255 e. The Kier molecular flexibility index (Phi) is 4.55. The van der Waals surface area contributed by atoms with Crippen molar-refractivity contribution in [3.05, 3.63) is 47.0 Å². The zero-order valence-electron chi connectivity index (χ0n) is 10.3. The van der Waals surface area contributed by atoms with Crippen molar-refractivity contribution in [3.8, 4) is 0 Å². The Bertz CT molecular complexity index is 439. The lowest BCUT2D eigenvalue weighted by Gasteiger charge is -2.34. The number of carbonyl (C=O) groups is 1. The lowest BCUT2D eigenvalue weighted by molar-refractivity contribution is 0.0649. The topological polar surface area (TPSA) is 23.6 Å². The molecule has 0 aromatic heterocycles. The third kappa shape index (κ3) is 3.00. The number of hydrogen-bond acceptors (Lipinski definition) is 2. The van der Waals surface area contributed by atoms with Crippen LogP contribution >= 0.6 is 15.9 Å². The molecule has 1 saturated heterocycles. The summed E-state index contributed by atoms with van der Waals surface area (Å²) in [6.45, 7) is 8.05. The summed E-state index contributed by atoms with van der Waals surface area (Å²) in [7, 11) is 0. The Balaban J connectivity index is 2.00. The minimum atomic E-state index is 0.112. The average Bonchev–Trinajstić information content (AvgIpc) is 2.40. The molecule has 1 aliphatic rings. The summed E-state index contributed by atoms with van der Waals surface area (Å²) in [5.41, 5.74) is 0.745. The van der Waals surface area contributed by atoms with Gasteiger partial charge in [-0.2, -0.15) is 0 Å². The molecule has 0 atom stereocenters. The molecule has 1 aromatic rings. The summed E-state index contributed by atoms with van der Waals surface area (Å²) < 4.78 is 0.864. The summed E-state index contributed by atoms with van der Waals surface area (Å²) in [5.74, 6) is 0.112. The van der Waals surface area contributed by atoms with Crippen LogP contribution in [0.5, 0.6) is 0 Å². The first-order valence-corrected chi connectivity index (χ1v) is 6.88. The van der Waals surface area contributed by atoms with Gasteiger partial charge in [-0.1, -0.05) is 18.2 Å². The highest BCUT2D eigenvalue weighted by atomic mass is 79.9. The quantitative estimate of drug-likeness (QED) is 0.801. The molecule has 0 aliphatic carbocycles. The largest absolute Gasteiger partial charge is 0.336 e. The first-order chi connectivity index (χ1) is 8.72. The number of rotatable bonds is 3. The predicted octanol–water partition coefficient (Wildman–Crippen LogP) is 2.39. The van der Waals surface area contributed by atoms with Gasteiger partial charge in [0.1, 0.15) is 0 Å². The molecule has 4 heteroatoms. The van der Waals surface area contributed by atoms with E-state index >= 15 is 0 Å². The van der Waals surface area contributed by atoms with Gasteiger partial charge in [0.15, 0.2) is 0 Å². The number of carbonyl (C=O) groups excluding carboxylic acids is 1. The summed E-state index contributed by atoms with van der Waals surface area (Å²) in [4.78, 5) is 16.6. The number of piperazine rings is 1. The van der Waals surface area contributed by atoms with E-state index in [0.717, 1.165) is 42.8 Å². The molecule has 3 nitrogen and oxygen atoms in total. The molecule has 18 heavy (non-hydrogen) atoms. The Morgan fingerprint density at radius 1 is 1.28 bits per heavy atom. The number of halogens is 1. The first-order valence-electron chi connectivity index (χ1n) is 6.09. The van der Waals surface area contributed by atoms with Crippen molar-refractivity contribution in [2.45, 2.75) is 0 Å². The fourth-order valence-corrected chi connectivity index (χ4v) is 2.58. The van der Waals surface area contributed by atoms with Crippen LogP contribution < -0.4 is 0 Å². The van der Waals surface area contributed by atoms with Gasteiger partial charge < -0.3 is 4.90 Å². The maximum Gasteiger partial charge on any atom is 0.255 e. The molecule has 1 fully saturated rings. The summed E-state index contributed by atoms with van der Waals surface area (Å²) in [6, 6.07) is 7.58. The Labute approximate surface area is 116 Å². The van der Waals surface area contributed by atoms with Gasteiger partial charge in [-0.05, 0) is 28.1 Å². The second-order valence-electron chi connectivity index (χ2n) is 4.36. The molecule has 0 N–H and O–H groups in total. The standard InChI is InChI=1S/C14H17BrN2O/c1-2-7-16-8-10-17(11-9-16)14(18)12-5-3-4-6-13(12)15/h2-6H,1,7-11H2. The molecular weight excluding hydrogens is 292 g/mol. The number of hydrogen-bond donors (Lipinski definition) is 0. The van der Waals surface area contributed by atoms with E-state index in [9.17, 15) is 4.79 Å². The fraction of sp³-hybridized carbons (Fsp3) is 0.357. The third-order valence-corrected chi connectivity index (χ3v) is 3.84. The summed E-state index contributed by atoms with van der Waals surface area (Å²) in [6.07, 6.45) is 1.91. The molecule has 2 rings (SSSR count). The van der Waals surface area contributed by atoms with E-state index in [-0.39, 0.29) is 5.91 Å². The second kappa shape index (κ2) is 6.16. The zero-order chi connectivity index (χ0) is 13.0. The van der Waals surface area contributed by atoms with Gasteiger partial charge in [-0.25, -0.2) is 0 Å². The van der Waals surface area contributed by atoms with Crippen molar-refractivity contribution in [1.82, 2.24) is 9.80 Å². The lowest BCUT2D eigenvalue weighted by atomic mass is 10.2. The molecule has 0 bridgehead atoms. The van der Waals surface area contributed by atoms with Crippen LogP contribution in [-0.4, -0.2) is 48.4 Å². The van der Waals surface area contributed by atoms with E-state index in [1.165, 1.54) is 0 Å². The average molecular weight is 309 g/mol. The molecule has 0 radical (unpaired) electrons. The van der Waals surface area contributed by atoms with Gasteiger partial charge in [0.05, 0.1) is 5.56 Å². The van der Waals surface area contributed by atoms with Crippen LogP contribution in [-0.2, 0) is 0 Å². The molecule has 0 spiro atoms. The monoisotopic (exact) mass is 308 g/mol. The van der Waals surface area contributed by atoms with Crippen LogP contribution in [0.15, 0.2) is 41.4 Å². The number of amides is 1. The molecule has 1 amide bonds. The van der Waals surface area contributed by atoms with Crippen LogP contribution in [0, 0.1) is 0 Å². The number of nitrogens with zero attached hydrogens (tertiary/aromatic N) is 2. The molecule has 0 unspecified atom stereocenters. The third-order valence-electron chi connectivity index (χ3n) is 3.15. The van der Waals surface area contributed by atoms with Crippen molar-refractivity contribution >= 4 is 21.8 Å². The minimum Gasteiger partial charge on any atom is -0.336 e. The van der Waals surface area contributed by atoms with Crippen molar-refractivity contribution in [2.24, 2.45) is 0 Å². The van der Waals surface area contributed by atoms with E-state index < -0.39 is 0 Å². The summed E-state index contributed by atoms with van der Waals surface area (Å²) >= 11 is 3.43. The molecule has 1 aliphatic heterocycles. The predicted molar refractivity (Wildman–Crippen MR) is 76.7 cm³/mol. The van der Waals surface area contributed by atoms with Crippen LogP contribution in [0.1, 0.15) is 10.4 Å². The van der Waals surface area contributed by atoms with Gasteiger partial charge in [-0.3, -0.25) is 9.69 Å². The summed E-state index contributed by atoms with van der Waals surface area (Å²) in [5, 5.41) is 0. The Hall–Kier alpha value is -1.13. The lowest BCUT2D eigenvalue weighted by Crippen LogP contribution is -2.48. The Morgan fingerprint density at radius 2 is 1.94 bits per heavy atom. The van der Waals surface area contributed by atoms with Gasteiger partial charge in [0.2, 0.25) is 0 Å². The van der Waals surface area contributed by atoms with E-state index in [1.807, 2.05) is 35.2 Å². The van der Waals surface area contributed by atoms with E-state index in [2.05, 4.69) is 27.4 Å². The molecule has 96 valence electrons. The fourth-order valence-electron chi connectivity index (χ4n) is 2.12. The highest BCUT2D eigenvalue weighted by Crippen LogP contribution is 2.18. The van der Waals surface area contributed by atoms with E-state index in [0.29, 0.717) is 0 Å². The molecule has 1 heterocycles. The van der Waals surface area contributed by atoms with Crippen molar-refractivity contribution < 1.29 is 4.79 Å². The Morgan fingerprint density at radius 3 is 2.56 bits per heavy atom. The minimum absolute atomic E-state index is 0.112. The maximum atomic E-state index is 12.3. The van der Waals surface area contributed by atoms with Crippen LogP contribution in [0.4, 0.5) is 0 Å². The molecular formula is C14H17BrN2O. The van der Waals surface area contributed by atoms with Crippen LogP contribution in [0.25, 0.3) is 0 Å². The van der Waals surface area contributed by atoms with Crippen molar-refractivity contribution in [3.63, 3.8) is 0 Å².